The second kappa shape index (κ2) is 5.26. The van der Waals surface area contributed by atoms with Crippen LogP contribution < -0.4 is 4.90 Å². The van der Waals surface area contributed by atoms with Crippen molar-refractivity contribution in [3.05, 3.63) is 71.3 Å². The number of fused-ring (bicyclic) bond motifs is 4. The van der Waals surface area contributed by atoms with E-state index in [1.165, 1.54) is 0 Å². The zero-order valence-corrected chi connectivity index (χ0v) is 14.0. The van der Waals surface area contributed by atoms with Crippen LogP contribution >= 0.6 is 0 Å². The highest BCUT2D eigenvalue weighted by Crippen LogP contribution is 2.45. The van der Waals surface area contributed by atoms with E-state index in [2.05, 4.69) is 0 Å². The van der Waals surface area contributed by atoms with E-state index in [0.29, 0.717) is 22.6 Å². The zero-order valence-electron chi connectivity index (χ0n) is 14.0. The zero-order chi connectivity index (χ0) is 17.8. The van der Waals surface area contributed by atoms with Gasteiger partial charge in [0, 0.05) is 10.9 Å². The van der Waals surface area contributed by atoms with E-state index in [1.807, 2.05) is 42.5 Å². The number of ether oxygens (including phenoxy) is 1. The quantitative estimate of drug-likeness (QED) is 0.660. The van der Waals surface area contributed by atoms with Crippen LogP contribution in [0.25, 0.3) is 10.8 Å². The number of amidine groups is 1. The fourth-order valence-corrected chi connectivity index (χ4v) is 3.67. The lowest BCUT2D eigenvalue weighted by Crippen LogP contribution is -2.33. The van der Waals surface area contributed by atoms with Crippen LogP contribution in [0.2, 0.25) is 0 Å². The molecule has 1 amide bonds. The number of rotatable bonds is 2. The molecule has 2 aliphatic heterocycles. The first-order valence-corrected chi connectivity index (χ1v) is 8.46. The molecule has 126 valence electrons. The number of nitrogens with zero attached hydrogens (tertiary/aromatic N) is 2. The Kier molecular flexibility index (Phi) is 3.00. The smallest absolute Gasteiger partial charge is 0.340 e. The molecule has 0 fully saturated rings. The van der Waals surface area contributed by atoms with Gasteiger partial charge in [-0.3, -0.25) is 9.69 Å². The largest absolute Gasteiger partial charge is 0.462 e. The predicted octanol–water partition coefficient (Wildman–Crippen LogP) is 4.07. The number of hydrogen-bond donors (Lipinski definition) is 0. The van der Waals surface area contributed by atoms with Gasteiger partial charge >= 0.3 is 5.97 Å². The average molecular weight is 342 g/mol. The first-order chi connectivity index (χ1) is 12.7. The Labute approximate surface area is 149 Å². The van der Waals surface area contributed by atoms with Crippen LogP contribution in [0, 0.1) is 0 Å². The van der Waals surface area contributed by atoms with Gasteiger partial charge in [-0.05, 0) is 30.5 Å². The number of hydrogen-bond acceptors (Lipinski definition) is 4. The Morgan fingerprint density at radius 2 is 1.85 bits per heavy atom. The Balaban J connectivity index is 1.87. The van der Waals surface area contributed by atoms with Gasteiger partial charge in [-0.1, -0.05) is 36.4 Å². The third kappa shape index (κ3) is 1.82. The maximum atomic E-state index is 13.1. The SMILES string of the molecule is CCOC(=O)c1ccc2cccc3c2c1N1C(=O)c2ccccc2C1=N3. The summed E-state index contributed by atoms with van der Waals surface area (Å²) in [5, 5.41) is 1.72. The number of amides is 1. The Bertz CT molecular complexity index is 1150. The van der Waals surface area contributed by atoms with Crippen molar-refractivity contribution in [2.75, 3.05) is 11.5 Å². The van der Waals surface area contributed by atoms with Crippen molar-refractivity contribution in [3.63, 3.8) is 0 Å². The van der Waals surface area contributed by atoms with Gasteiger partial charge in [0.15, 0.2) is 0 Å². The van der Waals surface area contributed by atoms with Crippen molar-refractivity contribution < 1.29 is 14.3 Å². The molecule has 0 saturated heterocycles. The van der Waals surface area contributed by atoms with Crippen LogP contribution in [0.4, 0.5) is 11.4 Å². The second-order valence-electron chi connectivity index (χ2n) is 6.18. The Morgan fingerprint density at radius 1 is 1.04 bits per heavy atom. The van der Waals surface area contributed by atoms with E-state index in [0.717, 1.165) is 22.0 Å². The van der Waals surface area contributed by atoms with E-state index in [4.69, 9.17) is 9.73 Å². The molecule has 0 saturated carbocycles. The summed E-state index contributed by atoms with van der Waals surface area (Å²) in [6.07, 6.45) is 0. The van der Waals surface area contributed by atoms with Crippen LogP contribution in [0.1, 0.15) is 33.2 Å². The molecule has 5 rings (SSSR count). The summed E-state index contributed by atoms with van der Waals surface area (Å²) in [4.78, 5) is 32.0. The molecule has 3 aromatic rings. The normalized spacial score (nSPS) is 14.1. The molecule has 0 spiro atoms. The van der Waals surface area contributed by atoms with Gasteiger partial charge in [0.2, 0.25) is 0 Å². The third-order valence-electron chi connectivity index (χ3n) is 4.75. The van der Waals surface area contributed by atoms with Gasteiger partial charge < -0.3 is 4.74 Å². The lowest BCUT2D eigenvalue weighted by molar-refractivity contribution is 0.0527. The highest BCUT2D eigenvalue weighted by Gasteiger charge is 2.40. The van der Waals surface area contributed by atoms with Crippen molar-refractivity contribution >= 4 is 39.9 Å². The van der Waals surface area contributed by atoms with Crippen molar-refractivity contribution in [1.82, 2.24) is 0 Å². The van der Waals surface area contributed by atoms with Crippen molar-refractivity contribution in [2.45, 2.75) is 6.92 Å². The van der Waals surface area contributed by atoms with E-state index in [1.54, 1.807) is 24.0 Å². The highest BCUT2D eigenvalue weighted by molar-refractivity contribution is 6.41. The van der Waals surface area contributed by atoms with Gasteiger partial charge in [-0.25, -0.2) is 9.79 Å². The monoisotopic (exact) mass is 342 g/mol. The summed E-state index contributed by atoms with van der Waals surface area (Å²) in [5.74, 6) is -0.0570. The van der Waals surface area contributed by atoms with Crippen LogP contribution in [0.5, 0.6) is 0 Å². The summed E-state index contributed by atoms with van der Waals surface area (Å²) in [6.45, 7) is 2.03. The van der Waals surface area contributed by atoms with Crippen molar-refractivity contribution in [2.24, 2.45) is 4.99 Å². The number of esters is 1. The summed E-state index contributed by atoms with van der Waals surface area (Å²) in [6, 6.07) is 16.7. The molecule has 0 N–H and O–H groups in total. The van der Waals surface area contributed by atoms with E-state index in [-0.39, 0.29) is 12.5 Å². The minimum absolute atomic E-state index is 0.174. The first-order valence-electron chi connectivity index (χ1n) is 8.46. The molecule has 5 heteroatoms. The molecule has 0 aromatic heterocycles. The topological polar surface area (TPSA) is 59.0 Å². The number of carbonyl (C=O) groups excluding carboxylic acids is 2. The summed E-state index contributed by atoms with van der Waals surface area (Å²) < 4.78 is 5.23. The molecule has 5 nitrogen and oxygen atoms in total. The van der Waals surface area contributed by atoms with Crippen LogP contribution in [-0.4, -0.2) is 24.3 Å². The minimum Gasteiger partial charge on any atom is -0.462 e. The van der Waals surface area contributed by atoms with E-state index in [9.17, 15) is 9.59 Å². The molecule has 0 bridgehead atoms. The molecule has 0 unspecified atom stereocenters. The molecule has 2 aliphatic rings. The van der Waals surface area contributed by atoms with E-state index < -0.39 is 5.97 Å². The fraction of sp³-hybridized carbons (Fsp3) is 0.0952. The number of aliphatic imine (C=N–C) groups is 1. The number of anilines is 1. The molecule has 3 aromatic carbocycles. The second-order valence-corrected chi connectivity index (χ2v) is 6.18. The Morgan fingerprint density at radius 3 is 2.65 bits per heavy atom. The molecule has 26 heavy (non-hydrogen) atoms. The van der Waals surface area contributed by atoms with Gasteiger partial charge in [0.05, 0.1) is 29.1 Å². The highest BCUT2D eigenvalue weighted by atomic mass is 16.5. The maximum Gasteiger partial charge on any atom is 0.340 e. The molecular formula is C21H14N2O3. The van der Waals surface area contributed by atoms with Gasteiger partial charge in [0.25, 0.3) is 5.91 Å². The summed E-state index contributed by atoms with van der Waals surface area (Å²) in [7, 11) is 0. The van der Waals surface area contributed by atoms with Crippen LogP contribution in [0.3, 0.4) is 0 Å². The standard InChI is InChI=1S/C21H14N2O3/c1-2-26-21(25)15-11-10-12-6-5-9-16-17(12)18(15)23-19(22-16)13-7-3-4-8-14(13)20(23)24/h3-11H,2H2,1H3. The molecule has 0 atom stereocenters. The predicted molar refractivity (Wildman–Crippen MR) is 99.4 cm³/mol. The average Bonchev–Trinajstić information content (AvgIpc) is 2.95. The molecule has 0 radical (unpaired) electrons. The summed E-state index contributed by atoms with van der Waals surface area (Å²) in [5.41, 5.74) is 3.05. The molecular weight excluding hydrogens is 328 g/mol. The Hall–Kier alpha value is -3.47. The van der Waals surface area contributed by atoms with E-state index >= 15 is 0 Å². The van der Waals surface area contributed by atoms with Crippen LogP contribution in [0.15, 0.2) is 59.6 Å². The lowest BCUT2D eigenvalue weighted by Gasteiger charge is -2.26. The lowest BCUT2D eigenvalue weighted by atomic mass is 9.99. The molecule has 2 heterocycles. The third-order valence-corrected chi connectivity index (χ3v) is 4.75. The van der Waals surface area contributed by atoms with Gasteiger partial charge in [-0.15, -0.1) is 0 Å². The van der Waals surface area contributed by atoms with Gasteiger partial charge in [0.1, 0.15) is 5.84 Å². The van der Waals surface area contributed by atoms with Gasteiger partial charge in [-0.2, -0.15) is 0 Å². The minimum atomic E-state index is -0.441. The summed E-state index contributed by atoms with van der Waals surface area (Å²) >= 11 is 0. The van der Waals surface area contributed by atoms with Crippen LogP contribution in [-0.2, 0) is 4.74 Å². The number of benzene rings is 3. The molecule has 0 aliphatic carbocycles. The van der Waals surface area contributed by atoms with Crippen molar-refractivity contribution in [1.29, 1.82) is 0 Å². The fourth-order valence-electron chi connectivity index (χ4n) is 3.67. The maximum absolute atomic E-state index is 13.1. The number of carbonyl (C=O) groups is 2. The first kappa shape index (κ1) is 14.8. The van der Waals surface area contributed by atoms with Crippen molar-refractivity contribution in [3.8, 4) is 0 Å².